The molecular weight excluding hydrogens is 336 g/mol. The van der Waals surface area contributed by atoms with Crippen molar-refractivity contribution in [2.45, 2.75) is 26.1 Å². The highest BCUT2D eigenvalue weighted by Crippen LogP contribution is 2.22. The maximum atomic E-state index is 11.9. The molecule has 1 amide bonds. The van der Waals surface area contributed by atoms with E-state index >= 15 is 0 Å². The van der Waals surface area contributed by atoms with E-state index in [0.717, 1.165) is 27.3 Å². The van der Waals surface area contributed by atoms with E-state index in [1.54, 1.807) is 11.3 Å². The Labute approximate surface area is 130 Å². The first-order chi connectivity index (χ1) is 9.70. The van der Waals surface area contributed by atoms with Crippen molar-refractivity contribution < 1.29 is 4.79 Å². The van der Waals surface area contributed by atoms with Gasteiger partial charge in [0.05, 0.1) is 10.2 Å². The summed E-state index contributed by atoms with van der Waals surface area (Å²) in [5.41, 5.74) is 3.87. The Bertz CT molecular complexity index is 639. The van der Waals surface area contributed by atoms with Crippen molar-refractivity contribution >= 4 is 33.2 Å². The van der Waals surface area contributed by atoms with E-state index in [-0.39, 0.29) is 5.91 Å². The summed E-state index contributed by atoms with van der Waals surface area (Å²) in [6, 6.07) is 10.4. The lowest BCUT2D eigenvalue weighted by molar-refractivity contribution is -0.120. The highest BCUT2D eigenvalue weighted by molar-refractivity contribution is 9.11. The maximum Gasteiger partial charge on any atom is 0.225 e. The highest BCUT2D eigenvalue weighted by Gasteiger charge is 2.10. The number of rotatable bonds is 4. The first kappa shape index (κ1) is 13.8. The SMILES string of the molecule is O=C(Cc1ccc(Br)s1)NCc1ccc2c(c1)CNC2. The van der Waals surface area contributed by atoms with Crippen molar-refractivity contribution in [1.82, 2.24) is 10.6 Å². The number of nitrogens with one attached hydrogen (secondary N) is 2. The minimum Gasteiger partial charge on any atom is -0.352 e. The number of fused-ring (bicyclic) bond motifs is 1. The number of thiophene rings is 1. The van der Waals surface area contributed by atoms with Gasteiger partial charge in [0.15, 0.2) is 0 Å². The fourth-order valence-corrected chi connectivity index (χ4v) is 3.81. The van der Waals surface area contributed by atoms with Crippen LogP contribution in [-0.2, 0) is 30.8 Å². The third-order valence-corrected chi connectivity index (χ3v) is 4.98. The van der Waals surface area contributed by atoms with E-state index in [2.05, 4.69) is 44.8 Å². The van der Waals surface area contributed by atoms with Crippen LogP contribution in [0.15, 0.2) is 34.1 Å². The van der Waals surface area contributed by atoms with Crippen LogP contribution in [0.2, 0.25) is 0 Å². The van der Waals surface area contributed by atoms with Crippen LogP contribution >= 0.6 is 27.3 Å². The molecule has 0 saturated heterocycles. The Hall–Kier alpha value is -1.17. The summed E-state index contributed by atoms with van der Waals surface area (Å²) in [7, 11) is 0. The number of hydrogen-bond donors (Lipinski definition) is 2. The number of amides is 1. The third kappa shape index (κ3) is 3.29. The van der Waals surface area contributed by atoms with Crippen molar-refractivity contribution in [3.63, 3.8) is 0 Å². The van der Waals surface area contributed by atoms with Gasteiger partial charge in [-0.05, 0) is 44.8 Å². The van der Waals surface area contributed by atoms with Gasteiger partial charge in [-0.15, -0.1) is 11.3 Å². The number of benzene rings is 1. The monoisotopic (exact) mass is 350 g/mol. The second-order valence-electron chi connectivity index (χ2n) is 4.87. The molecule has 2 aromatic rings. The van der Waals surface area contributed by atoms with E-state index < -0.39 is 0 Å². The molecule has 2 N–H and O–H groups in total. The van der Waals surface area contributed by atoms with Gasteiger partial charge >= 0.3 is 0 Å². The predicted molar refractivity (Wildman–Crippen MR) is 84.6 cm³/mol. The molecule has 1 aromatic carbocycles. The second-order valence-corrected chi connectivity index (χ2v) is 7.41. The topological polar surface area (TPSA) is 41.1 Å². The Morgan fingerprint density at radius 2 is 2.10 bits per heavy atom. The van der Waals surface area contributed by atoms with Gasteiger partial charge in [-0.2, -0.15) is 0 Å². The van der Waals surface area contributed by atoms with Crippen LogP contribution < -0.4 is 10.6 Å². The third-order valence-electron chi connectivity index (χ3n) is 3.35. The predicted octanol–water partition coefficient (Wildman–Crippen LogP) is 2.97. The normalized spacial score (nSPS) is 13.2. The minimum atomic E-state index is 0.0676. The molecule has 1 aliphatic heterocycles. The van der Waals surface area contributed by atoms with Gasteiger partial charge in [-0.3, -0.25) is 4.79 Å². The zero-order chi connectivity index (χ0) is 13.9. The van der Waals surface area contributed by atoms with Crippen molar-refractivity contribution in [3.05, 3.63) is 55.7 Å². The summed E-state index contributed by atoms with van der Waals surface area (Å²) in [4.78, 5) is 13.0. The first-order valence-electron chi connectivity index (χ1n) is 6.53. The Kier molecular flexibility index (Phi) is 4.19. The number of carbonyl (C=O) groups excluding carboxylic acids is 1. The van der Waals surface area contributed by atoms with Crippen molar-refractivity contribution in [2.24, 2.45) is 0 Å². The summed E-state index contributed by atoms with van der Waals surface area (Å²) in [6.07, 6.45) is 0.447. The van der Waals surface area contributed by atoms with Crippen LogP contribution in [0, 0.1) is 0 Å². The van der Waals surface area contributed by atoms with Gasteiger partial charge in [0.2, 0.25) is 5.91 Å². The molecule has 3 rings (SSSR count). The number of carbonyl (C=O) groups is 1. The number of hydrogen-bond acceptors (Lipinski definition) is 3. The Morgan fingerprint density at radius 3 is 2.90 bits per heavy atom. The molecule has 20 heavy (non-hydrogen) atoms. The van der Waals surface area contributed by atoms with Crippen LogP contribution in [0.5, 0.6) is 0 Å². The van der Waals surface area contributed by atoms with Crippen LogP contribution in [-0.4, -0.2) is 5.91 Å². The van der Waals surface area contributed by atoms with Gasteiger partial charge < -0.3 is 10.6 Å². The first-order valence-corrected chi connectivity index (χ1v) is 8.14. The average molecular weight is 351 g/mol. The fourth-order valence-electron chi connectivity index (χ4n) is 2.33. The molecule has 5 heteroatoms. The summed E-state index contributed by atoms with van der Waals surface area (Å²) < 4.78 is 1.06. The molecule has 1 aromatic heterocycles. The molecule has 0 unspecified atom stereocenters. The van der Waals surface area contributed by atoms with E-state index in [1.165, 1.54) is 11.1 Å². The largest absolute Gasteiger partial charge is 0.352 e. The molecule has 0 fully saturated rings. The molecule has 0 spiro atoms. The van der Waals surface area contributed by atoms with Crippen LogP contribution in [0.4, 0.5) is 0 Å². The molecule has 0 saturated carbocycles. The average Bonchev–Trinajstić information content (AvgIpc) is 3.04. The van der Waals surface area contributed by atoms with Gasteiger partial charge in [-0.25, -0.2) is 0 Å². The molecular formula is C15H15BrN2OS. The lowest BCUT2D eigenvalue weighted by Gasteiger charge is -2.06. The van der Waals surface area contributed by atoms with Gasteiger partial charge in [0.25, 0.3) is 0 Å². The Morgan fingerprint density at radius 1 is 1.25 bits per heavy atom. The van der Waals surface area contributed by atoms with Crippen molar-refractivity contribution in [1.29, 1.82) is 0 Å². The highest BCUT2D eigenvalue weighted by atomic mass is 79.9. The molecule has 104 valence electrons. The summed E-state index contributed by atoms with van der Waals surface area (Å²) in [5.74, 6) is 0.0676. The van der Waals surface area contributed by atoms with Crippen LogP contribution in [0.3, 0.4) is 0 Å². The van der Waals surface area contributed by atoms with Crippen molar-refractivity contribution in [2.75, 3.05) is 0 Å². The molecule has 1 aliphatic rings. The van der Waals surface area contributed by atoms with Crippen LogP contribution in [0.25, 0.3) is 0 Å². The lowest BCUT2D eigenvalue weighted by atomic mass is 10.1. The van der Waals surface area contributed by atoms with Gasteiger partial charge in [-0.1, -0.05) is 18.2 Å². The van der Waals surface area contributed by atoms with Gasteiger partial charge in [0.1, 0.15) is 0 Å². The molecule has 0 aliphatic carbocycles. The summed E-state index contributed by atoms with van der Waals surface area (Å²) >= 11 is 5.01. The molecule has 0 bridgehead atoms. The van der Waals surface area contributed by atoms with Crippen molar-refractivity contribution in [3.8, 4) is 0 Å². The van der Waals surface area contributed by atoms with E-state index in [4.69, 9.17) is 0 Å². The molecule has 3 nitrogen and oxygen atoms in total. The molecule has 2 heterocycles. The van der Waals surface area contributed by atoms with Gasteiger partial charge in [0, 0.05) is 24.5 Å². The molecule has 0 radical (unpaired) electrons. The zero-order valence-electron chi connectivity index (χ0n) is 10.9. The second kappa shape index (κ2) is 6.08. The fraction of sp³-hybridized carbons (Fsp3) is 0.267. The van der Waals surface area contributed by atoms with Crippen LogP contribution in [0.1, 0.15) is 21.6 Å². The zero-order valence-corrected chi connectivity index (χ0v) is 13.3. The smallest absolute Gasteiger partial charge is 0.225 e. The van der Waals surface area contributed by atoms with E-state index in [1.807, 2.05) is 12.1 Å². The minimum absolute atomic E-state index is 0.0676. The lowest BCUT2D eigenvalue weighted by Crippen LogP contribution is -2.24. The standard InChI is InChI=1S/C15H15BrN2OS/c16-14-4-3-13(20-14)6-15(19)18-7-10-1-2-11-8-17-9-12(11)5-10/h1-5,17H,6-9H2,(H,18,19). The summed E-state index contributed by atoms with van der Waals surface area (Å²) in [6.45, 7) is 2.48. The maximum absolute atomic E-state index is 11.9. The Balaban J connectivity index is 1.55. The quantitative estimate of drug-likeness (QED) is 0.889. The molecule has 0 atom stereocenters. The van der Waals surface area contributed by atoms with E-state index in [0.29, 0.717) is 13.0 Å². The van der Waals surface area contributed by atoms with E-state index in [9.17, 15) is 4.79 Å². The summed E-state index contributed by atoms with van der Waals surface area (Å²) in [5, 5.41) is 6.30. The number of halogens is 1.